The number of primary sulfonamides is 1. The molecule has 0 saturated heterocycles. The van der Waals surface area contributed by atoms with Crippen molar-refractivity contribution in [1.82, 2.24) is 0 Å². The topological polar surface area (TPSA) is 98.6 Å². The number of ether oxygens (including phenoxy) is 1. The Morgan fingerprint density at radius 1 is 1.42 bits per heavy atom. The van der Waals surface area contributed by atoms with E-state index < -0.39 is 10.0 Å². The van der Waals surface area contributed by atoms with Crippen LogP contribution in [-0.4, -0.2) is 34.7 Å². The van der Waals surface area contributed by atoms with Gasteiger partial charge in [0.25, 0.3) is 0 Å². The molecule has 7 heteroatoms. The fraction of sp³-hybridized carbons (Fsp3) is 0.500. The zero-order valence-electron chi connectivity index (χ0n) is 11.5. The van der Waals surface area contributed by atoms with Crippen molar-refractivity contribution in [2.75, 3.05) is 30.9 Å². The Kier molecular flexibility index (Phi) is 5.16. The molecule has 0 aliphatic heterocycles. The molecule has 0 aliphatic rings. The first kappa shape index (κ1) is 15.7. The zero-order chi connectivity index (χ0) is 14.6. The van der Waals surface area contributed by atoms with E-state index in [1.165, 1.54) is 6.07 Å². The lowest BCUT2D eigenvalue weighted by Gasteiger charge is -2.31. The third-order valence-corrected chi connectivity index (χ3v) is 3.82. The first-order chi connectivity index (χ1) is 8.81. The molecule has 0 aromatic heterocycles. The molecule has 19 heavy (non-hydrogen) atoms. The highest BCUT2D eigenvalue weighted by atomic mass is 32.2. The van der Waals surface area contributed by atoms with Crippen molar-refractivity contribution in [3.8, 4) is 0 Å². The Labute approximate surface area is 114 Å². The number of rotatable bonds is 6. The van der Waals surface area contributed by atoms with Gasteiger partial charge in [0.05, 0.1) is 12.3 Å². The van der Waals surface area contributed by atoms with Gasteiger partial charge in [0.2, 0.25) is 10.0 Å². The molecule has 1 rings (SSSR count). The van der Waals surface area contributed by atoms with E-state index in [1.807, 2.05) is 18.7 Å². The number of nitrogens with zero attached hydrogens (tertiary/aromatic N) is 1. The number of anilines is 2. The van der Waals surface area contributed by atoms with Crippen molar-refractivity contribution >= 4 is 21.4 Å². The molecular formula is C12H21N3O3S. The maximum Gasteiger partial charge on any atom is 0.240 e. The van der Waals surface area contributed by atoms with Gasteiger partial charge in [-0.15, -0.1) is 0 Å². The summed E-state index contributed by atoms with van der Waals surface area (Å²) >= 11 is 0. The molecule has 0 fully saturated rings. The van der Waals surface area contributed by atoms with Gasteiger partial charge in [-0.05, 0) is 32.0 Å². The molecule has 0 bridgehead atoms. The van der Waals surface area contributed by atoms with Crippen molar-refractivity contribution in [2.45, 2.75) is 24.8 Å². The van der Waals surface area contributed by atoms with Crippen LogP contribution in [0.2, 0.25) is 0 Å². The van der Waals surface area contributed by atoms with E-state index in [9.17, 15) is 8.42 Å². The average molecular weight is 287 g/mol. The SMILES string of the molecule is CCN(c1ccc(N)cc1S(N)(=O)=O)C(C)COC. The summed E-state index contributed by atoms with van der Waals surface area (Å²) in [7, 11) is -2.22. The predicted octanol–water partition coefficient (Wildman–Crippen LogP) is 0.777. The third kappa shape index (κ3) is 3.82. The second-order valence-corrected chi connectivity index (χ2v) is 5.89. The van der Waals surface area contributed by atoms with Gasteiger partial charge in [0, 0.05) is 25.4 Å². The Morgan fingerprint density at radius 3 is 2.53 bits per heavy atom. The summed E-state index contributed by atoms with van der Waals surface area (Å²) in [5.41, 5.74) is 6.55. The summed E-state index contributed by atoms with van der Waals surface area (Å²) in [5, 5.41) is 5.25. The van der Waals surface area contributed by atoms with Gasteiger partial charge in [0.15, 0.2) is 0 Å². The van der Waals surface area contributed by atoms with Gasteiger partial charge in [-0.1, -0.05) is 0 Å². The van der Waals surface area contributed by atoms with Crippen molar-refractivity contribution in [3.63, 3.8) is 0 Å². The Balaban J connectivity index is 3.32. The Morgan fingerprint density at radius 2 is 2.05 bits per heavy atom. The smallest absolute Gasteiger partial charge is 0.240 e. The maximum absolute atomic E-state index is 11.7. The molecule has 1 atom stereocenters. The third-order valence-electron chi connectivity index (χ3n) is 2.88. The number of nitrogens with two attached hydrogens (primary N) is 2. The van der Waals surface area contributed by atoms with Gasteiger partial charge in [-0.3, -0.25) is 0 Å². The average Bonchev–Trinajstić information content (AvgIpc) is 2.31. The number of methoxy groups -OCH3 is 1. The van der Waals surface area contributed by atoms with Crippen molar-refractivity contribution in [2.24, 2.45) is 5.14 Å². The molecule has 1 unspecified atom stereocenters. The number of nitrogen functional groups attached to an aromatic ring is 1. The molecule has 0 radical (unpaired) electrons. The quantitative estimate of drug-likeness (QED) is 0.753. The largest absolute Gasteiger partial charge is 0.399 e. The van der Waals surface area contributed by atoms with Crippen LogP contribution in [0.15, 0.2) is 23.1 Å². The van der Waals surface area contributed by atoms with Gasteiger partial charge in [-0.2, -0.15) is 0 Å². The second-order valence-electron chi connectivity index (χ2n) is 4.36. The molecule has 1 aromatic carbocycles. The number of likely N-dealkylation sites (N-methyl/N-ethyl adjacent to an activating group) is 1. The van der Waals surface area contributed by atoms with Crippen molar-refractivity contribution < 1.29 is 13.2 Å². The molecular weight excluding hydrogens is 266 g/mol. The van der Waals surface area contributed by atoms with E-state index >= 15 is 0 Å². The van der Waals surface area contributed by atoms with Crippen LogP contribution in [-0.2, 0) is 14.8 Å². The highest BCUT2D eigenvalue weighted by Crippen LogP contribution is 2.28. The number of sulfonamides is 1. The van der Waals surface area contributed by atoms with Gasteiger partial charge >= 0.3 is 0 Å². The van der Waals surface area contributed by atoms with Crippen LogP contribution in [0.3, 0.4) is 0 Å². The van der Waals surface area contributed by atoms with Crippen LogP contribution in [0.1, 0.15) is 13.8 Å². The maximum atomic E-state index is 11.7. The van der Waals surface area contributed by atoms with Crippen LogP contribution in [0.5, 0.6) is 0 Å². The molecule has 6 nitrogen and oxygen atoms in total. The first-order valence-electron chi connectivity index (χ1n) is 5.99. The second kappa shape index (κ2) is 6.23. The molecule has 0 spiro atoms. The number of hydrogen-bond donors (Lipinski definition) is 2. The van der Waals surface area contributed by atoms with Crippen LogP contribution >= 0.6 is 0 Å². The summed E-state index contributed by atoms with van der Waals surface area (Å²) in [5.74, 6) is 0. The molecule has 1 aromatic rings. The predicted molar refractivity (Wildman–Crippen MR) is 76.6 cm³/mol. The van der Waals surface area contributed by atoms with E-state index in [0.29, 0.717) is 24.5 Å². The zero-order valence-corrected chi connectivity index (χ0v) is 12.3. The minimum Gasteiger partial charge on any atom is -0.399 e. The summed E-state index contributed by atoms with van der Waals surface area (Å²) in [6, 6.07) is 4.74. The molecule has 0 saturated carbocycles. The van der Waals surface area contributed by atoms with Crippen LogP contribution < -0.4 is 15.8 Å². The normalized spacial score (nSPS) is 13.3. The summed E-state index contributed by atoms with van der Waals surface area (Å²) in [6.07, 6.45) is 0. The molecule has 0 aliphatic carbocycles. The van der Waals surface area contributed by atoms with Gasteiger partial charge in [0.1, 0.15) is 4.90 Å². The summed E-state index contributed by atoms with van der Waals surface area (Å²) in [6.45, 7) is 5.02. The van der Waals surface area contributed by atoms with Gasteiger partial charge in [-0.25, -0.2) is 13.6 Å². The highest BCUT2D eigenvalue weighted by molar-refractivity contribution is 7.89. The minimum absolute atomic E-state index is 0.0270. The van der Waals surface area contributed by atoms with Crippen LogP contribution in [0.25, 0.3) is 0 Å². The summed E-state index contributed by atoms with van der Waals surface area (Å²) in [4.78, 5) is 1.96. The number of hydrogen-bond acceptors (Lipinski definition) is 5. The molecule has 0 heterocycles. The van der Waals surface area contributed by atoms with E-state index in [2.05, 4.69) is 0 Å². The molecule has 108 valence electrons. The lowest BCUT2D eigenvalue weighted by Crippen LogP contribution is -2.37. The Bertz CT molecular complexity index is 531. The van der Waals surface area contributed by atoms with Crippen LogP contribution in [0, 0.1) is 0 Å². The van der Waals surface area contributed by atoms with Crippen molar-refractivity contribution in [3.05, 3.63) is 18.2 Å². The minimum atomic E-state index is -3.82. The van der Waals surface area contributed by atoms with E-state index in [-0.39, 0.29) is 10.9 Å². The molecule has 0 amide bonds. The van der Waals surface area contributed by atoms with Crippen LogP contribution in [0.4, 0.5) is 11.4 Å². The number of benzene rings is 1. The van der Waals surface area contributed by atoms with Crippen molar-refractivity contribution in [1.29, 1.82) is 0 Å². The van der Waals surface area contributed by atoms with Gasteiger partial charge < -0.3 is 15.4 Å². The van der Waals surface area contributed by atoms with E-state index in [4.69, 9.17) is 15.6 Å². The lowest BCUT2D eigenvalue weighted by molar-refractivity contribution is 0.182. The Hall–Kier alpha value is -1.31. The standard InChI is InChI=1S/C12H21N3O3S/c1-4-15(9(2)8-18-3)11-6-5-10(13)7-12(11)19(14,16)17/h5-7,9H,4,8,13H2,1-3H3,(H2,14,16,17). The lowest BCUT2D eigenvalue weighted by atomic mass is 10.2. The fourth-order valence-electron chi connectivity index (χ4n) is 2.05. The van der Waals surface area contributed by atoms with E-state index in [1.54, 1.807) is 19.2 Å². The fourth-order valence-corrected chi connectivity index (χ4v) is 2.82. The monoisotopic (exact) mass is 287 g/mol. The summed E-state index contributed by atoms with van der Waals surface area (Å²) < 4.78 is 28.5. The molecule has 4 N–H and O–H groups in total. The van der Waals surface area contributed by atoms with E-state index in [0.717, 1.165) is 0 Å². The highest BCUT2D eigenvalue weighted by Gasteiger charge is 2.21. The first-order valence-corrected chi connectivity index (χ1v) is 7.53.